The molecule has 0 unspecified atom stereocenters. The molecule has 3 N–H and O–H groups in total. The molecule has 6 nitrogen and oxygen atoms in total. The van der Waals surface area contributed by atoms with E-state index in [-0.39, 0.29) is 24.4 Å². The zero-order valence-electron chi connectivity index (χ0n) is 10.9. The Morgan fingerprint density at radius 2 is 2.17 bits per heavy atom. The smallest absolute Gasteiger partial charge is 0.254 e. The predicted octanol–water partition coefficient (Wildman–Crippen LogP) is -0.184. The van der Waals surface area contributed by atoms with Gasteiger partial charge in [-0.2, -0.15) is 0 Å². The molecule has 0 fully saturated rings. The molecule has 0 aromatic carbocycles. The van der Waals surface area contributed by atoms with Crippen LogP contribution in [0.4, 0.5) is 0 Å². The molecule has 6 heteroatoms. The zero-order valence-corrected chi connectivity index (χ0v) is 10.9. The third-order valence-electron chi connectivity index (χ3n) is 2.54. The lowest BCUT2D eigenvalue weighted by molar-refractivity contribution is -0.121. The molecule has 1 atom stereocenters. The summed E-state index contributed by atoms with van der Waals surface area (Å²) in [6, 6.07) is 0. The lowest BCUT2D eigenvalue weighted by Crippen LogP contribution is -2.31. The number of carbonyl (C=O) groups is 1. The molecule has 0 aliphatic rings. The molecule has 0 aliphatic carbocycles. The molecule has 1 aromatic rings. The molecule has 1 amide bonds. The van der Waals surface area contributed by atoms with Crippen LogP contribution < -0.4 is 10.9 Å². The summed E-state index contributed by atoms with van der Waals surface area (Å²) in [5, 5.41) is 11.6. The second-order valence-corrected chi connectivity index (χ2v) is 4.37. The number of hydrogen-bond donors (Lipinski definition) is 3. The van der Waals surface area contributed by atoms with Gasteiger partial charge in [0.25, 0.3) is 5.56 Å². The first-order valence-electron chi connectivity index (χ1n) is 5.91. The summed E-state index contributed by atoms with van der Waals surface area (Å²) in [6.45, 7) is 5.29. The first kappa shape index (κ1) is 14.4. The molecule has 0 spiro atoms. The number of carbonyl (C=O) groups excluding carboxylic acids is 1. The fraction of sp³-hybridized carbons (Fsp3) is 0.583. The van der Waals surface area contributed by atoms with E-state index in [1.54, 1.807) is 20.8 Å². The van der Waals surface area contributed by atoms with Gasteiger partial charge < -0.3 is 15.4 Å². The number of aromatic amines is 1. The Hall–Kier alpha value is -1.69. The summed E-state index contributed by atoms with van der Waals surface area (Å²) in [4.78, 5) is 29.9. The van der Waals surface area contributed by atoms with Crippen LogP contribution in [0.5, 0.6) is 0 Å². The highest BCUT2D eigenvalue weighted by Gasteiger charge is 2.09. The summed E-state index contributed by atoms with van der Waals surface area (Å²) in [5.41, 5.74) is 0.996. The van der Waals surface area contributed by atoms with Crippen molar-refractivity contribution < 1.29 is 9.90 Å². The number of aromatic nitrogens is 2. The molecule has 1 aromatic heterocycles. The summed E-state index contributed by atoms with van der Waals surface area (Å²) in [6.07, 6.45) is -0.0123. The number of rotatable bonds is 5. The molecule has 1 rings (SSSR count). The van der Waals surface area contributed by atoms with Crippen LogP contribution in [0.1, 0.15) is 30.4 Å². The first-order chi connectivity index (χ1) is 8.40. The van der Waals surface area contributed by atoms with Crippen molar-refractivity contribution in [3.05, 3.63) is 27.4 Å². The van der Waals surface area contributed by atoms with Crippen molar-refractivity contribution >= 4 is 5.91 Å². The molecule has 0 saturated heterocycles. The van der Waals surface area contributed by atoms with E-state index in [0.29, 0.717) is 23.5 Å². The van der Waals surface area contributed by atoms with Crippen molar-refractivity contribution in [1.82, 2.24) is 15.3 Å². The van der Waals surface area contributed by atoms with Gasteiger partial charge in [-0.15, -0.1) is 0 Å². The predicted molar refractivity (Wildman–Crippen MR) is 67.3 cm³/mol. The van der Waals surface area contributed by atoms with Gasteiger partial charge in [-0.05, 0) is 27.2 Å². The van der Waals surface area contributed by atoms with E-state index in [9.17, 15) is 9.59 Å². The topological polar surface area (TPSA) is 95.1 Å². The van der Waals surface area contributed by atoms with Crippen LogP contribution in [-0.4, -0.2) is 33.6 Å². The van der Waals surface area contributed by atoms with Crippen molar-refractivity contribution in [1.29, 1.82) is 0 Å². The molecule has 18 heavy (non-hydrogen) atoms. The van der Waals surface area contributed by atoms with Gasteiger partial charge in [0.15, 0.2) is 0 Å². The van der Waals surface area contributed by atoms with E-state index in [0.717, 1.165) is 0 Å². The Bertz CT molecular complexity index is 480. The molecule has 0 radical (unpaired) electrons. The van der Waals surface area contributed by atoms with Gasteiger partial charge in [-0.1, -0.05) is 0 Å². The molecule has 1 heterocycles. The van der Waals surface area contributed by atoms with Crippen LogP contribution in [0.3, 0.4) is 0 Å². The van der Waals surface area contributed by atoms with E-state index in [4.69, 9.17) is 5.11 Å². The minimum absolute atomic E-state index is 0.185. The van der Waals surface area contributed by atoms with Crippen LogP contribution in [0.25, 0.3) is 0 Å². The molecule has 0 aliphatic heterocycles. The number of nitrogens with zero attached hydrogens (tertiary/aromatic N) is 1. The largest absolute Gasteiger partial charge is 0.392 e. The maximum absolute atomic E-state index is 11.7. The normalized spacial score (nSPS) is 12.2. The van der Waals surface area contributed by atoms with Crippen molar-refractivity contribution in [2.45, 2.75) is 39.7 Å². The van der Waals surface area contributed by atoms with Gasteiger partial charge in [-0.3, -0.25) is 9.59 Å². The number of H-pyrrole nitrogens is 1. The second kappa shape index (κ2) is 6.30. The number of amides is 1. The minimum atomic E-state index is -0.569. The molecular formula is C12H19N3O3. The van der Waals surface area contributed by atoms with Crippen molar-refractivity contribution in [2.75, 3.05) is 6.54 Å². The van der Waals surface area contributed by atoms with E-state index >= 15 is 0 Å². The van der Waals surface area contributed by atoms with Gasteiger partial charge >= 0.3 is 0 Å². The summed E-state index contributed by atoms with van der Waals surface area (Å²) < 4.78 is 0. The van der Waals surface area contributed by atoms with E-state index < -0.39 is 6.10 Å². The number of aliphatic hydroxyl groups excluding tert-OH is 1. The summed E-state index contributed by atoms with van der Waals surface area (Å²) >= 11 is 0. The Morgan fingerprint density at radius 1 is 1.50 bits per heavy atom. The minimum Gasteiger partial charge on any atom is -0.392 e. The lowest BCUT2D eigenvalue weighted by atomic mass is 10.1. The van der Waals surface area contributed by atoms with E-state index in [2.05, 4.69) is 15.3 Å². The number of hydrogen-bond acceptors (Lipinski definition) is 4. The SMILES string of the molecule is Cc1nc(C)c(CCC(=O)NC[C@H](C)O)c(=O)[nH]1. The first-order valence-corrected chi connectivity index (χ1v) is 5.91. The highest BCUT2D eigenvalue weighted by atomic mass is 16.3. The average Bonchev–Trinajstić information content (AvgIpc) is 2.24. The average molecular weight is 253 g/mol. The van der Waals surface area contributed by atoms with Crippen LogP contribution in [0, 0.1) is 13.8 Å². The van der Waals surface area contributed by atoms with Gasteiger partial charge in [-0.25, -0.2) is 4.98 Å². The Labute approximate surface area is 105 Å². The van der Waals surface area contributed by atoms with Gasteiger partial charge in [0, 0.05) is 24.2 Å². The molecular weight excluding hydrogens is 234 g/mol. The molecule has 100 valence electrons. The zero-order chi connectivity index (χ0) is 13.7. The third-order valence-corrected chi connectivity index (χ3v) is 2.54. The summed E-state index contributed by atoms with van der Waals surface area (Å²) in [7, 11) is 0. The van der Waals surface area contributed by atoms with Gasteiger partial charge in [0.05, 0.1) is 6.10 Å². The monoisotopic (exact) mass is 253 g/mol. The fourth-order valence-corrected chi connectivity index (χ4v) is 1.63. The van der Waals surface area contributed by atoms with Crippen LogP contribution in [-0.2, 0) is 11.2 Å². The van der Waals surface area contributed by atoms with Crippen LogP contribution >= 0.6 is 0 Å². The maximum Gasteiger partial charge on any atom is 0.254 e. The van der Waals surface area contributed by atoms with Crippen molar-refractivity contribution in [2.24, 2.45) is 0 Å². The van der Waals surface area contributed by atoms with Crippen LogP contribution in [0.2, 0.25) is 0 Å². The third kappa shape index (κ3) is 4.29. The number of aryl methyl sites for hydroxylation is 2. The van der Waals surface area contributed by atoms with E-state index in [1.165, 1.54) is 0 Å². The van der Waals surface area contributed by atoms with Crippen molar-refractivity contribution in [3.8, 4) is 0 Å². The highest BCUT2D eigenvalue weighted by molar-refractivity contribution is 5.76. The molecule has 0 saturated carbocycles. The van der Waals surface area contributed by atoms with Gasteiger partial charge in [0.1, 0.15) is 5.82 Å². The lowest BCUT2D eigenvalue weighted by Gasteiger charge is -2.08. The van der Waals surface area contributed by atoms with Crippen molar-refractivity contribution in [3.63, 3.8) is 0 Å². The fourth-order valence-electron chi connectivity index (χ4n) is 1.63. The Balaban J connectivity index is 2.59. The number of aliphatic hydroxyl groups is 1. The number of nitrogens with one attached hydrogen (secondary N) is 2. The molecule has 0 bridgehead atoms. The Morgan fingerprint density at radius 3 is 2.72 bits per heavy atom. The Kier molecular flexibility index (Phi) is 5.03. The standard InChI is InChI=1S/C12H19N3O3/c1-7(16)6-13-11(17)5-4-10-8(2)14-9(3)15-12(10)18/h7,16H,4-6H2,1-3H3,(H,13,17)(H,14,15,18)/t7-/m0/s1. The van der Waals surface area contributed by atoms with E-state index in [1.807, 2.05) is 0 Å². The van der Waals surface area contributed by atoms with Crippen LogP contribution in [0.15, 0.2) is 4.79 Å². The summed E-state index contributed by atoms with van der Waals surface area (Å²) in [5.74, 6) is 0.384. The second-order valence-electron chi connectivity index (χ2n) is 4.37. The van der Waals surface area contributed by atoms with Gasteiger partial charge in [0.2, 0.25) is 5.91 Å². The highest BCUT2D eigenvalue weighted by Crippen LogP contribution is 2.02. The quantitative estimate of drug-likeness (QED) is 0.678. The maximum atomic E-state index is 11.7.